The third-order valence-electron chi connectivity index (χ3n) is 3.07. The summed E-state index contributed by atoms with van der Waals surface area (Å²) < 4.78 is 5.23. The van der Waals surface area contributed by atoms with E-state index in [1.54, 1.807) is 7.11 Å². The third-order valence-corrected chi connectivity index (χ3v) is 3.07. The fourth-order valence-electron chi connectivity index (χ4n) is 2.05. The summed E-state index contributed by atoms with van der Waals surface area (Å²) in [4.78, 5) is 0. The van der Waals surface area contributed by atoms with Crippen molar-refractivity contribution in [3.63, 3.8) is 0 Å². The van der Waals surface area contributed by atoms with Gasteiger partial charge in [-0.25, -0.2) is 0 Å². The molecule has 0 aliphatic carbocycles. The average molecular weight is 218 g/mol. The van der Waals surface area contributed by atoms with Crippen LogP contribution in [0.2, 0.25) is 0 Å². The number of benzene rings is 1. The number of hydrogen-bond donors (Lipinski definition) is 0. The molecule has 1 aromatic carbocycles. The largest absolute Gasteiger partial charge is 0.497 e. The zero-order valence-electron chi connectivity index (χ0n) is 10.8. The van der Waals surface area contributed by atoms with Crippen LogP contribution in [0.4, 0.5) is 0 Å². The first-order valence-electron chi connectivity index (χ1n) is 5.98. The summed E-state index contributed by atoms with van der Waals surface area (Å²) in [6.07, 6.45) is 6.68. The monoisotopic (exact) mass is 218 g/mol. The van der Waals surface area contributed by atoms with E-state index in [0.29, 0.717) is 5.92 Å². The highest BCUT2D eigenvalue weighted by atomic mass is 16.5. The van der Waals surface area contributed by atoms with Crippen molar-refractivity contribution >= 4 is 0 Å². The van der Waals surface area contributed by atoms with Crippen molar-refractivity contribution in [1.82, 2.24) is 0 Å². The van der Waals surface area contributed by atoms with E-state index < -0.39 is 0 Å². The van der Waals surface area contributed by atoms with E-state index in [1.807, 2.05) is 0 Å². The van der Waals surface area contributed by atoms with E-state index in [2.05, 4.69) is 51.1 Å². The van der Waals surface area contributed by atoms with Crippen LogP contribution < -0.4 is 4.74 Å². The Morgan fingerprint density at radius 2 is 2.12 bits per heavy atom. The molecule has 88 valence electrons. The number of ether oxygens (including phenoxy) is 1. The van der Waals surface area contributed by atoms with E-state index in [0.717, 1.165) is 12.2 Å². The molecule has 1 atom stereocenters. The minimum absolute atomic E-state index is 0.627. The Kier molecular flexibility index (Phi) is 5.10. The van der Waals surface area contributed by atoms with Crippen molar-refractivity contribution in [2.75, 3.05) is 7.11 Å². The molecule has 0 amide bonds. The summed E-state index contributed by atoms with van der Waals surface area (Å²) in [6, 6.07) is 6.38. The molecule has 0 saturated carbocycles. The highest BCUT2D eigenvalue weighted by Crippen LogP contribution is 2.29. The smallest absolute Gasteiger partial charge is 0.119 e. The maximum absolute atomic E-state index is 5.23. The van der Waals surface area contributed by atoms with Crippen molar-refractivity contribution in [3.05, 3.63) is 41.5 Å². The van der Waals surface area contributed by atoms with Crippen LogP contribution in [0.25, 0.3) is 0 Å². The van der Waals surface area contributed by atoms with Crippen molar-refractivity contribution in [1.29, 1.82) is 0 Å². The first kappa shape index (κ1) is 12.8. The lowest BCUT2D eigenvalue weighted by atomic mass is 9.90. The normalized spacial score (nSPS) is 13.0. The molecule has 1 heteroatoms. The standard InChI is InChI=1S/C15H22O/c1-5-7-8-13(6-2)15-10-9-14(16-4)11-12(15)3/h5,7,9-11,13H,6,8H2,1-4H3/b7-5-. The van der Waals surface area contributed by atoms with Gasteiger partial charge in [-0.2, -0.15) is 0 Å². The topological polar surface area (TPSA) is 9.23 Å². The Bertz CT molecular complexity index is 352. The van der Waals surface area contributed by atoms with Gasteiger partial charge in [0.05, 0.1) is 7.11 Å². The SMILES string of the molecule is C/C=C\CC(CC)c1ccc(OC)cc1C. The molecule has 0 radical (unpaired) electrons. The maximum Gasteiger partial charge on any atom is 0.119 e. The summed E-state index contributed by atoms with van der Waals surface area (Å²) in [5, 5.41) is 0. The van der Waals surface area contributed by atoms with Gasteiger partial charge in [-0.15, -0.1) is 0 Å². The van der Waals surface area contributed by atoms with Crippen LogP contribution >= 0.6 is 0 Å². The minimum Gasteiger partial charge on any atom is -0.497 e. The van der Waals surface area contributed by atoms with Gasteiger partial charge in [0.15, 0.2) is 0 Å². The minimum atomic E-state index is 0.627. The van der Waals surface area contributed by atoms with Gasteiger partial charge in [-0.05, 0) is 55.9 Å². The molecule has 0 aliphatic rings. The lowest BCUT2D eigenvalue weighted by molar-refractivity contribution is 0.414. The molecule has 0 saturated heterocycles. The van der Waals surface area contributed by atoms with Crippen molar-refractivity contribution in [3.8, 4) is 5.75 Å². The number of methoxy groups -OCH3 is 1. The van der Waals surface area contributed by atoms with Gasteiger partial charge in [0.1, 0.15) is 5.75 Å². The van der Waals surface area contributed by atoms with Gasteiger partial charge in [0.2, 0.25) is 0 Å². The predicted octanol–water partition coefficient (Wildman–Crippen LogP) is 4.46. The Morgan fingerprint density at radius 1 is 1.38 bits per heavy atom. The van der Waals surface area contributed by atoms with E-state index in [-0.39, 0.29) is 0 Å². The Labute approximate surface area is 99.1 Å². The van der Waals surface area contributed by atoms with Crippen LogP contribution in [-0.4, -0.2) is 7.11 Å². The summed E-state index contributed by atoms with van der Waals surface area (Å²) in [6.45, 7) is 6.49. The Hall–Kier alpha value is -1.24. The summed E-state index contributed by atoms with van der Waals surface area (Å²) in [5.41, 5.74) is 2.78. The molecule has 1 nitrogen and oxygen atoms in total. The van der Waals surface area contributed by atoms with Crippen molar-refractivity contribution in [2.24, 2.45) is 0 Å². The number of allylic oxidation sites excluding steroid dienone is 2. The van der Waals surface area contributed by atoms with Crippen LogP contribution in [0.5, 0.6) is 5.75 Å². The zero-order chi connectivity index (χ0) is 12.0. The average Bonchev–Trinajstić information content (AvgIpc) is 2.31. The number of rotatable bonds is 5. The second kappa shape index (κ2) is 6.37. The van der Waals surface area contributed by atoms with Crippen LogP contribution in [0.15, 0.2) is 30.4 Å². The van der Waals surface area contributed by atoms with Crippen molar-refractivity contribution < 1.29 is 4.74 Å². The molecule has 0 N–H and O–H groups in total. The molecule has 0 aliphatic heterocycles. The van der Waals surface area contributed by atoms with Crippen LogP contribution in [-0.2, 0) is 0 Å². The molecule has 0 heterocycles. The van der Waals surface area contributed by atoms with Crippen molar-refractivity contribution in [2.45, 2.75) is 39.5 Å². The van der Waals surface area contributed by atoms with E-state index in [1.165, 1.54) is 17.5 Å². The highest BCUT2D eigenvalue weighted by Gasteiger charge is 2.10. The van der Waals surface area contributed by atoms with Gasteiger partial charge < -0.3 is 4.74 Å². The zero-order valence-corrected chi connectivity index (χ0v) is 10.8. The second-order valence-electron chi connectivity index (χ2n) is 4.13. The fraction of sp³-hybridized carbons (Fsp3) is 0.467. The summed E-state index contributed by atoms with van der Waals surface area (Å²) in [7, 11) is 1.71. The lowest BCUT2D eigenvalue weighted by Crippen LogP contribution is -1.99. The van der Waals surface area contributed by atoms with E-state index in [4.69, 9.17) is 4.74 Å². The number of hydrogen-bond acceptors (Lipinski definition) is 1. The molecule has 1 unspecified atom stereocenters. The number of aryl methyl sites for hydroxylation is 1. The summed E-state index contributed by atoms with van der Waals surface area (Å²) in [5.74, 6) is 1.57. The van der Waals surface area contributed by atoms with E-state index in [9.17, 15) is 0 Å². The maximum atomic E-state index is 5.23. The van der Waals surface area contributed by atoms with Crippen LogP contribution in [0.1, 0.15) is 43.7 Å². The Balaban J connectivity index is 2.92. The second-order valence-corrected chi connectivity index (χ2v) is 4.13. The van der Waals surface area contributed by atoms with Gasteiger partial charge >= 0.3 is 0 Å². The highest BCUT2D eigenvalue weighted by molar-refractivity contribution is 5.37. The fourth-order valence-corrected chi connectivity index (χ4v) is 2.05. The van der Waals surface area contributed by atoms with E-state index >= 15 is 0 Å². The molecule has 16 heavy (non-hydrogen) atoms. The predicted molar refractivity (Wildman–Crippen MR) is 70.2 cm³/mol. The Morgan fingerprint density at radius 3 is 2.62 bits per heavy atom. The summed E-state index contributed by atoms with van der Waals surface area (Å²) >= 11 is 0. The van der Waals surface area contributed by atoms with Gasteiger partial charge in [0, 0.05) is 0 Å². The van der Waals surface area contributed by atoms with Gasteiger partial charge in [0.25, 0.3) is 0 Å². The van der Waals surface area contributed by atoms with Crippen LogP contribution in [0, 0.1) is 6.92 Å². The molecule has 1 rings (SSSR count). The molecule has 1 aromatic rings. The van der Waals surface area contributed by atoms with Crippen LogP contribution in [0.3, 0.4) is 0 Å². The van der Waals surface area contributed by atoms with Gasteiger partial charge in [-0.1, -0.05) is 25.1 Å². The molecular formula is C15H22O. The molecule has 0 fully saturated rings. The molecule has 0 aromatic heterocycles. The molecule has 0 spiro atoms. The quantitative estimate of drug-likeness (QED) is 0.663. The molecular weight excluding hydrogens is 196 g/mol. The molecule has 0 bridgehead atoms. The van der Waals surface area contributed by atoms with Gasteiger partial charge in [-0.3, -0.25) is 0 Å². The first-order chi connectivity index (χ1) is 7.72. The first-order valence-corrected chi connectivity index (χ1v) is 5.98. The third kappa shape index (κ3) is 3.13. The lowest BCUT2D eigenvalue weighted by Gasteiger charge is -2.16.